The summed E-state index contributed by atoms with van der Waals surface area (Å²) in [6.45, 7) is 13.8. The number of epoxide rings is 1. The summed E-state index contributed by atoms with van der Waals surface area (Å²) in [5.41, 5.74) is -0.723. The van der Waals surface area contributed by atoms with Crippen molar-refractivity contribution in [2.75, 3.05) is 20.2 Å². The molecule has 12 heteroatoms. The number of ether oxygens (including phenoxy) is 5. The molecule has 0 aromatic heterocycles. The lowest BCUT2D eigenvalue weighted by molar-refractivity contribution is -0.157. The van der Waals surface area contributed by atoms with Crippen molar-refractivity contribution < 1.29 is 48.3 Å². The molecule has 0 bridgehead atoms. The Morgan fingerprint density at radius 1 is 1.23 bits per heavy atom. The lowest BCUT2D eigenvalue weighted by Crippen LogP contribution is -2.42. The smallest absolute Gasteiger partial charge is 0.415 e. The van der Waals surface area contributed by atoms with Gasteiger partial charge < -0.3 is 33.9 Å². The van der Waals surface area contributed by atoms with E-state index in [2.05, 4.69) is 18.8 Å². The first-order valence-corrected chi connectivity index (χ1v) is 17.1. The molecule has 0 aromatic rings. The van der Waals surface area contributed by atoms with Crippen LogP contribution in [-0.4, -0.2) is 108 Å². The molecule has 0 saturated carbocycles. The molecule has 1 fully saturated rings. The Hall–Kier alpha value is -3.06. The highest BCUT2D eigenvalue weighted by atomic mass is 16.6. The maximum Gasteiger partial charge on any atom is 0.415 e. The van der Waals surface area contributed by atoms with Crippen LogP contribution in [0.1, 0.15) is 80.6 Å². The van der Waals surface area contributed by atoms with Crippen LogP contribution < -0.4 is 0 Å². The molecule has 12 nitrogen and oxygen atoms in total. The van der Waals surface area contributed by atoms with Gasteiger partial charge in [-0.25, -0.2) is 4.79 Å². The largest absolute Gasteiger partial charge is 0.457 e. The standard InChI is InChI=1S/C36H56N2O10/c1-9-28(44-8)25(5)33-34(47-33)32(48-35(42)38-19-11-18-37-21-38)23(3)13-10-12-22(2)31-24(4)14-15-29(45-26(6)39)36(7,43)17-16-27(40)20-30(41)46-31/h10,12-15,21,23-25,27-29,31-34,40,43H,9,11,16-20H2,1-8H3/b13-10+,15-14+,22-12+. The number of rotatable bonds is 11. The maximum atomic E-state index is 13.1. The van der Waals surface area contributed by atoms with Gasteiger partial charge in [0.15, 0.2) is 0 Å². The molecule has 2 N–H and O–H groups in total. The van der Waals surface area contributed by atoms with E-state index in [-0.39, 0.29) is 55.3 Å². The number of hydrogen-bond acceptors (Lipinski definition) is 11. The Labute approximate surface area is 285 Å². The quantitative estimate of drug-likeness (QED) is 0.105. The number of cyclic esters (lactones) is 1. The number of aliphatic hydroxyl groups is 2. The molecule has 0 aliphatic carbocycles. The molecule has 48 heavy (non-hydrogen) atoms. The lowest BCUT2D eigenvalue weighted by atomic mass is 9.88. The monoisotopic (exact) mass is 676 g/mol. The van der Waals surface area contributed by atoms with Crippen LogP contribution in [0.5, 0.6) is 0 Å². The molecule has 11 atom stereocenters. The number of carbonyl (C=O) groups is 3. The summed E-state index contributed by atoms with van der Waals surface area (Å²) in [5.74, 6) is -1.60. The van der Waals surface area contributed by atoms with E-state index >= 15 is 0 Å². The summed E-state index contributed by atoms with van der Waals surface area (Å²) in [4.78, 5) is 43.4. The van der Waals surface area contributed by atoms with E-state index in [1.807, 2.05) is 39.0 Å². The first-order chi connectivity index (χ1) is 22.7. The molecule has 3 aliphatic heterocycles. The number of amides is 1. The van der Waals surface area contributed by atoms with Crippen molar-refractivity contribution in [3.63, 3.8) is 0 Å². The molecule has 3 heterocycles. The van der Waals surface area contributed by atoms with Crippen molar-refractivity contribution in [2.45, 2.75) is 129 Å². The van der Waals surface area contributed by atoms with Crippen molar-refractivity contribution in [2.24, 2.45) is 22.7 Å². The summed E-state index contributed by atoms with van der Waals surface area (Å²) < 4.78 is 29.1. The normalized spacial score (nSPS) is 33.4. The molecule has 270 valence electrons. The summed E-state index contributed by atoms with van der Waals surface area (Å²) in [5, 5.41) is 21.6. The summed E-state index contributed by atoms with van der Waals surface area (Å²) in [6, 6.07) is 0. The summed E-state index contributed by atoms with van der Waals surface area (Å²) in [6.07, 6.45) is 7.98. The molecular formula is C36H56N2O10. The highest BCUT2D eigenvalue weighted by Crippen LogP contribution is 2.39. The topological polar surface area (TPSA) is 157 Å². The molecule has 0 spiro atoms. The fourth-order valence-electron chi connectivity index (χ4n) is 6.35. The number of hydrogen-bond donors (Lipinski definition) is 2. The van der Waals surface area contributed by atoms with Crippen LogP contribution in [0.4, 0.5) is 4.79 Å². The van der Waals surface area contributed by atoms with Gasteiger partial charge in [-0.3, -0.25) is 19.5 Å². The molecule has 0 radical (unpaired) electrons. The van der Waals surface area contributed by atoms with Gasteiger partial charge in [0.25, 0.3) is 0 Å². The number of aliphatic imine (C=N–C) groups is 1. The zero-order chi connectivity index (χ0) is 35.6. The van der Waals surface area contributed by atoms with E-state index < -0.39 is 48.0 Å². The molecule has 1 saturated heterocycles. The van der Waals surface area contributed by atoms with E-state index in [4.69, 9.17) is 23.7 Å². The van der Waals surface area contributed by atoms with Gasteiger partial charge in [0, 0.05) is 44.9 Å². The third-order valence-corrected chi connectivity index (χ3v) is 9.43. The van der Waals surface area contributed by atoms with Gasteiger partial charge in [-0.2, -0.15) is 0 Å². The highest BCUT2D eigenvalue weighted by molar-refractivity contribution is 5.82. The zero-order valence-electron chi connectivity index (χ0n) is 29.7. The number of aliphatic hydroxyl groups excluding tert-OH is 1. The SMILES string of the molecule is CCC(OC)C(C)C1OC1C(OC(=O)N1C=NCCC1)C(C)/C=C/C=C(\C)C1OC(=O)CC(O)CCC(C)(O)C(OC(C)=O)/C=C/C1C. The third kappa shape index (κ3) is 11.2. The maximum absolute atomic E-state index is 13.1. The van der Waals surface area contributed by atoms with Crippen molar-refractivity contribution in [1.29, 1.82) is 0 Å². The minimum Gasteiger partial charge on any atom is -0.457 e. The molecule has 1 amide bonds. The van der Waals surface area contributed by atoms with E-state index in [1.165, 1.54) is 18.2 Å². The molecule has 3 aliphatic rings. The molecule has 0 aromatic carbocycles. The van der Waals surface area contributed by atoms with Gasteiger partial charge in [-0.15, -0.1) is 0 Å². The van der Waals surface area contributed by atoms with Crippen LogP contribution in [0.25, 0.3) is 0 Å². The van der Waals surface area contributed by atoms with Gasteiger partial charge >= 0.3 is 18.0 Å². The van der Waals surface area contributed by atoms with Crippen LogP contribution >= 0.6 is 0 Å². The number of nitrogens with zero attached hydrogens (tertiary/aromatic N) is 2. The number of allylic oxidation sites excluding steroid dienone is 2. The predicted molar refractivity (Wildman–Crippen MR) is 180 cm³/mol. The third-order valence-electron chi connectivity index (χ3n) is 9.43. The van der Waals surface area contributed by atoms with Gasteiger partial charge in [-0.05, 0) is 51.2 Å². The minimum absolute atomic E-state index is 0.0169. The molecule has 11 unspecified atom stereocenters. The second-order valence-corrected chi connectivity index (χ2v) is 13.6. The number of methoxy groups -OCH3 is 1. The van der Waals surface area contributed by atoms with E-state index in [9.17, 15) is 24.6 Å². The van der Waals surface area contributed by atoms with E-state index in [0.29, 0.717) is 13.1 Å². The number of carbonyl (C=O) groups excluding carboxylic acids is 3. The average molecular weight is 677 g/mol. The Balaban J connectivity index is 1.83. The average Bonchev–Trinajstić information content (AvgIpc) is 3.84. The van der Waals surface area contributed by atoms with Crippen molar-refractivity contribution in [1.82, 2.24) is 4.90 Å². The summed E-state index contributed by atoms with van der Waals surface area (Å²) in [7, 11) is 1.69. The fraction of sp³-hybridized carbons (Fsp3) is 0.722. The van der Waals surface area contributed by atoms with Gasteiger partial charge in [0.1, 0.15) is 30.0 Å². The fourth-order valence-corrected chi connectivity index (χ4v) is 6.35. The van der Waals surface area contributed by atoms with Crippen LogP contribution in [0.15, 0.2) is 40.9 Å². The van der Waals surface area contributed by atoms with E-state index in [0.717, 1.165) is 18.4 Å². The van der Waals surface area contributed by atoms with Crippen LogP contribution in [0.3, 0.4) is 0 Å². The predicted octanol–water partition coefficient (Wildman–Crippen LogP) is 4.52. The second-order valence-electron chi connectivity index (χ2n) is 13.6. The second kappa shape index (κ2) is 18.1. The van der Waals surface area contributed by atoms with Gasteiger partial charge in [0.05, 0.1) is 31.1 Å². The Morgan fingerprint density at radius 2 is 1.96 bits per heavy atom. The first-order valence-electron chi connectivity index (χ1n) is 17.1. The molecular weight excluding hydrogens is 620 g/mol. The van der Waals surface area contributed by atoms with Crippen LogP contribution in [0.2, 0.25) is 0 Å². The van der Waals surface area contributed by atoms with Crippen LogP contribution in [0, 0.1) is 17.8 Å². The lowest BCUT2D eigenvalue weighted by Gasteiger charge is -2.32. The van der Waals surface area contributed by atoms with Crippen molar-refractivity contribution in [3.8, 4) is 0 Å². The number of esters is 2. The van der Waals surface area contributed by atoms with Crippen LogP contribution in [-0.2, 0) is 33.3 Å². The van der Waals surface area contributed by atoms with Crippen molar-refractivity contribution in [3.05, 3.63) is 36.0 Å². The summed E-state index contributed by atoms with van der Waals surface area (Å²) >= 11 is 0. The van der Waals surface area contributed by atoms with Gasteiger partial charge in [0.2, 0.25) is 0 Å². The highest BCUT2D eigenvalue weighted by Gasteiger charge is 2.53. The van der Waals surface area contributed by atoms with E-state index in [1.54, 1.807) is 26.2 Å². The Morgan fingerprint density at radius 3 is 2.58 bits per heavy atom. The first kappa shape index (κ1) is 39.4. The van der Waals surface area contributed by atoms with Gasteiger partial charge in [-0.1, -0.05) is 52.0 Å². The Bertz CT molecular complexity index is 1210. The minimum atomic E-state index is -1.45. The Kier molecular flexibility index (Phi) is 14.8. The molecule has 3 rings (SSSR count). The zero-order valence-corrected chi connectivity index (χ0v) is 29.7. The van der Waals surface area contributed by atoms with Crippen molar-refractivity contribution >= 4 is 24.4 Å².